The maximum absolute atomic E-state index is 13.2. The number of ether oxygens (including phenoxy) is 1. The number of nitriles is 1. The van der Waals surface area contributed by atoms with E-state index < -0.39 is 5.82 Å². The summed E-state index contributed by atoms with van der Waals surface area (Å²) < 4.78 is 18.3. The topological polar surface area (TPSA) is 50.1 Å². The lowest BCUT2D eigenvalue weighted by Gasteiger charge is -2.06. The fraction of sp³-hybridized carbons (Fsp3) is 0.333. The van der Waals surface area contributed by atoms with Crippen LogP contribution in [0.5, 0.6) is 5.75 Å². The van der Waals surface area contributed by atoms with Crippen LogP contribution in [0, 0.1) is 23.1 Å². The molecule has 1 aliphatic rings. The van der Waals surface area contributed by atoms with Gasteiger partial charge in [0.2, 0.25) is 0 Å². The fourth-order valence-electron chi connectivity index (χ4n) is 1.41. The van der Waals surface area contributed by atoms with Crippen molar-refractivity contribution in [3.63, 3.8) is 0 Å². The minimum absolute atomic E-state index is 0.0214. The van der Waals surface area contributed by atoms with E-state index in [4.69, 9.17) is 10.00 Å². The van der Waals surface area contributed by atoms with E-state index in [0.717, 1.165) is 12.8 Å². The molecule has 0 unspecified atom stereocenters. The first kappa shape index (κ1) is 10.6. The van der Waals surface area contributed by atoms with Gasteiger partial charge in [0, 0.05) is 5.92 Å². The van der Waals surface area contributed by atoms with E-state index in [1.807, 2.05) is 0 Å². The van der Waals surface area contributed by atoms with Gasteiger partial charge in [0.05, 0.1) is 0 Å². The summed E-state index contributed by atoms with van der Waals surface area (Å²) in [4.78, 5) is 11.4. The van der Waals surface area contributed by atoms with Crippen LogP contribution in [0.25, 0.3) is 0 Å². The third-order valence-corrected chi connectivity index (χ3v) is 2.49. The van der Waals surface area contributed by atoms with E-state index >= 15 is 0 Å². The number of benzene rings is 1. The number of hydrogen-bond donors (Lipinski definition) is 0. The van der Waals surface area contributed by atoms with Crippen LogP contribution >= 0.6 is 0 Å². The first-order valence-electron chi connectivity index (χ1n) is 5.06. The smallest absolute Gasteiger partial charge is 0.173 e. The summed E-state index contributed by atoms with van der Waals surface area (Å²) in [5, 5.41) is 8.73. The largest absolute Gasteiger partial charge is 0.484 e. The average Bonchev–Trinajstić information content (AvgIpc) is 3.09. The number of rotatable bonds is 4. The summed E-state index contributed by atoms with van der Waals surface area (Å²) in [5.74, 6) is -0.359. The molecule has 0 aliphatic heterocycles. The molecule has 1 saturated carbocycles. The summed E-state index contributed by atoms with van der Waals surface area (Å²) in [7, 11) is 0. The molecule has 1 fully saturated rings. The van der Waals surface area contributed by atoms with E-state index in [9.17, 15) is 9.18 Å². The quantitative estimate of drug-likeness (QED) is 0.778. The summed E-state index contributed by atoms with van der Waals surface area (Å²) in [6.45, 7) is -0.0806. The van der Waals surface area contributed by atoms with Crippen LogP contribution in [-0.4, -0.2) is 12.4 Å². The second-order valence-electron chi connectivity index (χ2n) is 3.75. The molecule has 0 heterocycles. The molecular formula is C12H10FNO2. The molecule has 1 aliphatic carbocycles. The Labute approximate surface area is 92.4 Å². The van der Waals surface area contributed by atoms with Crippen LogP contribution in [0.4, 0.5) is 4.39 Å². The number of carbonyl (C=O) groups is 1. The Bertz CT molecular complexity index is 461. The summed E-state index contributed by atoms with van der Waals surface area (Å²) in [6.07, 6.45) is 1.83. The molecule has 3 nitrogen and oxygen atoms in total. The van der Waals surface area contributed by atoms with Crippen LogP contribution in [-0.2, 0) is 4.79 Å². The van der Waals surface area contributed by atoms with Gasteiger partial charge in [-0.15, -0.1) is 0 Å². The van der Waals surface area contributed by atoms with E-state index in [2.05, 4.69) is 0 Å². The SMILES string of the molecule is N#Cc1c(F)cccc1OCC(=O)C1CC1. The molecule has 82 valence electrons. The van der Waals surface area contributed by atoms with Crippen LogP contribution in [0.1, 0.15) is 18.4 Å². The normalized spacial score (nSPS) is 14.2. The van der Waals surface area contributed by atoms with Crippen molar-refractivity contribution in [2.24, 2.45) is 5.92 Å². The summed E-state index contributed by atoms with van der Waals surface area (Å²) >= 11 is 0. The molecular weight excluding hydrogens is 209 g/mol. The summed E-state index contributed by atoms with van der Waals surface area (Å²) in [6, 6.07) is 5.85. The molecule has 4 heteroatoms. The molecule has 0 atom stereocenters. The highest BCUT2D eigenvalue weighted by Crippen LogP contribution is 2.30. The standard InChI is InChI=1S/C12H10FNO2/c13-10-2-1-3-12(9(10)6-14)16-7-11(15)8-4-5-8/h1-3,8H,4-5,7H2. The number of halogens is 1. The predicted octanol–water partition coefficient (Wildman–Crippen LogP) is 2.06. The van der Waals surface area contributed by atoms with E-state index in [1.165, 1.54) is 18.2 Å². The maximum atomic E-state index is 13.2. The zero-order valence-electron chi connectivity index (χ0n) is 8.57. The van der Waals surface area contributed by atoms with Crippen molar-refractivity contribution in [3.05, 3.63) is 29.6 Å². The highest BCUT2D eigenvalue weighted by atomic mass is 19.1. The van der Waals surface area contributed by atoms with Crippen molar-refractivity contribution in [1.82, 2.24) is 0 Å². The van der Waals surface area contributed by atoms with Crippen LogP contribution in [0.3, 0.4) is 0 Å². The second-order valence-corrected chi connectivity index (χ2v) is 3.75. The van der Waals surface area contributed by atoms with Gasteiger partial charge in [0.15, 0.2) is 5.78 Å². The maximum Gasteiger partial charge on any atom is 0.173 e. The molecule has 16 heavy (non-hydrogen) atoms. The highest BCUT2D eigenvalue weighted by Gasteiger charge is 2.29. The highest BCUT2D eigenvalue weighted by molar-refractivity contribution is 5.84. The third-order valence-electron chi connectivity index (χ3n) is 2.49. The molecule has 1 aromatic rings. The Morgan fingerprint density at radius 2 is 2.31 bits per heavy atom. The number of Topliss-reactive ketones (excluding diaryl/α,β-unsaturated/α-hetero) is 1. The van der Waals surface area contributed by atoms with Gasteiger partial charge < -0.3 is 4.74 Å². The van der Waals surface area contributed by atoms with Gasteiger partial charge in [-0.25, -0.2) is 4.39 Å². The Morgan fingerprint density at radius 3 is 2.94 bits per heavy atom. The minimum Gasteiger partial charge on any atom is -0.484 e. The van der Waals surface area contributed by atoms with Gasteiger partial charge in [0.25, 0.3) is 0 Å². The molecule has 0 spiro atoms. The van der Waals surface area contributed by atoms with Crippen molar-refractivity contribution in [2.45, 2.75) is 12.8 Å². The molecule has 0 amide bonds. The molecule has 0 saturated heterocycles. The van der Waals surface area contributed by atoms with Gasteiger partial charge in [0.1, 0.15) is 29.8 Å². The number of ketones is 1. The third kappa shape index (κ3) is 2.19. The zero-order valence-corrected chi connectivity index (χ0v) is 8.57. The van der Waals surface area contributed by atoms with Crippen molar-refractivity contribution >= 4 is 5.78 Å². The second kappa shape index (κ2) is 4.31. The Morgan fingerprint density at radius 1 is 1.56 bits per heavy atom. The van der Waals surface area contributed by atoms with E-state index in [-0.39, 0.29) is 29.6 Å². The molecule has 0 N–H and O–H groups in total. The minimum atomic E-state index is -0.626. The Balaban J connectivity index is 2.06. The molecule has 2 rings (SSSR count). The van der Waals surface area contributed by atoms with Gasteiger partial charge in [-0.3, -0.25) is 4.79 Å². The average molecular weight is 219 g/mol. The van der Waals surface area contributed by atoms with Crippen LogP contribution in [0.2, 0.25) is 0 Å². The lowest BCUT2D eigenvalue weighted by atomic mass is 10.2. The van der Waals surface area contributed by atoms with Crippen molar-refractivity contribution < 1.29 is 13.9 Å². The van der Waals surface area contributed by atoms with Crippen molar-refractivity contribution in [1.29, 1.82) is 5.26 Å². The van der Waals surface area contributed by atoms with E-state index in [1.54, 1.807) is 6.07 Å². The Hall–Kier alpha value is -1.89. The van der Waals surface area contributed by atoms with Gasteiger partial charge in [-0.1, -0.05) is 6.07 Å². The van der Waals surface area contributed by atoms with Gasteiger partial charge in [-0.05, 0) is 25.0 Å². The monoisotopic (exact) mass is 219 g/mol. The van der Waals surface area contributed by atoms with Crippen molar-refractivity contribution in [3.8, 4) is 11.8 Å². The molecule has 0 aromatic heterocycles. The molecule has 0 bridgehead atoms. The lowest BCUT2D eigenvalue weighted by Crippen LogP contribution is -2.13. The lowest BCUT2D eigenvalue weighted by molar-refractivity contribution is -0.122. The predicted molar refractivity (Wildman–Crippen MR) is 54.3 cm³/mol. The first-order chi connectivity index (χ1) is 7.72. The van der Waals surface area contributed by atoms with Crippen molar-refractivity contribution in [2.75, 3.05) is 6.61 Å². The first-order valence-corrected chi connectivity index (χ1v) is 5.06. The van der Waals surface area contributed by atoms with Crippen LogP contribution < -0.4 is 4.74 Å². The van der Waals surface area contributed by atoms with Gasteiger partial charge >= 0.3 is 0 Å². The molecule has 0 radical (unpaired) electrons. The van der Waals surface area contributed by atoms with E-state index in [0.29, 0.717) is 0 Å². The number of hydrogen-bond acceptors (Lipinski definition) is 3. The zero-order chi connectivity index (χ0) is 11.5. The fourth-order valence-corrected chi connectivity index (χ4v) is 1.41. The molecule has 1 aromatic carbocycles. The summed E-state index contributed by atoms with van der Waals surface area (Å²) in [5.41, 5.74) is -0.147. The van der Waals surface area contributed by atoms with Crippen LogP contribution in [0.15, 0.2) is 18.2 Å². The Kier molecular flexibility index (Phi) is 2.86. The number of carbonyl (C=O) groups excluding carboxylic acids is 1. The number of nitrogens with zero attached hydrogens (tertiary/aromatic N) is 1. The van der Waals surface area contributed by atoms with Gasteiger partial charge in [-0.2, -0.15) is 5.26 Å².